The summed E-state index contributed by atoms with van der Waals surface area (Å²) in [4.78, 5) is 8.91. The van der Waals surface area contributed by atoms with E-state index in [-0.39, 0.29) is 0 Å². The topological polar surface area (TPSA) is 38.9 Å². The van der Waals surface area contributed by atoms with Crippen LogP contribution < -0.4 is 0 Å². The normalized spacial score (nSPS) is 11.4. The van der Waals surface area contributed by atoms with Crippen LogP contribution in [0, 0.1) is 6.92 Å². The monoisotopic (exact) mass is 286 g/mol. The SMILES string of the molecule is Cc1nc(-c2cc3ccccc3o2)nc(Cl)c1C(C)C. The minimum absolute atomic E-state index is 0.298. The number of rotatable bonds is 2. The molecule has 0 N–H and O–H groups in total. The summed E-state index contributed by atoms with van der Waals surface area (Å²) < 4.78 is 5.78. The van der Waals surface area contributed by atoms with Crippen LogP contribution in [0.2, 0.25) is 5.15 Å². The van der Waals surface area contributed by atoms with E-state index in [1.165, 1.54) is 0 Å². The molecule has 20 heavy (non-hydrogen) atoms. The highest BCUT2D eigenvalue weighted by Crippen LogP contribution is 2.30. The zero-order chi connectivity index (χ0) is 14.3. The molecule has 102 valence electrons. The molecule has 0 fully saturated rings. The lowest BCUT2D eigenvalue weighted by Crippen LogP contribution is -2.01. The van der Waals surface area contributed by atoms with E-state index >= 15 is 0 Å². The zero-order valence-electron chi connectivity index (χ0n) is 11.6. The number of nitrogens with zero attached hydrogens (tertiary/aromatic N) is 2. The molecule has 3 aromatic rings. The summed E-state index contributed by atoms with van der Waals surface area (Å²) in [7, 11) is 0. The molecule has 0 aliphatic heterocycles. The lowest BCUT2D eigenvalue weighted by atomic mass is 10.0. The number of hydrogen-bond acceptors (Lipinski definition) is 3. The fraction of sp³-hybridized carbons (Fsp3) is 0.250. The summed E-state index contributed by atoms with van der Waals surface area (Å²) in [6.45, 7) is 6.12. The van der Waals surface area contributed by atoms with Crippen LogP contribution in [0.4, 0.5) is 0 Å². The number of aromatic nitrogens is 2. The van der Waals surface area contributed by atoms with Gasteiger partial charge in [0, 0.05) is 16.6 Å². The Hall–Kier alpha value is -1.87. The van der Waals surface area contributed by atoms with Crippen molar-refractivity contribution in [3.8, 4) is 11.6 Å². The van der Waals surface area contributed by atoms with Crippen molar-refractivity contribution in [1.82, 2.24) is 9.97 Å². The first-order chi connectivity index (χ1) is 9.56. The molecule has 0 unspecified atom stereocenters. The van der Waals surface area contributed by atoms with Gasteiger partial charge in [0.15, 0.2) is 11.6 Å². The van der Waals surface area contributed by atoms with Crippen LogP contribution in [0.15, 0.2) is 34.7 Å². The summed E-state index contributed by atoms with van der Waals surface area (Å²) in [5.41, 5.74) is 2.72. The lowest BCUT2D eigenvalue weighted by Gasteiger charge is -2.11. The molecule has 0 amide bonds. The van der Waals surface area contributed by atoms with Crippen molar-refractivity contribution in [2.45, 2.75) is 26.7 Å². The third-order valence-electron chi connectivity index (χ3n) is 3.31. The number of furan rings is 1. The third kappa shape index (κ3) is 2.18. The Kier molecular flexibility index (Phi) is 3.22. The molecular weight excluding hydrogens is 272 g/mol. The summed E-state index contributed by atoms with van der Waals surface area (Å²) in [6.07, 6.45) is 0. The Labute approximate surface area is 122 Å². The van der Waals surface area contributed by atoms with Crippen molar-refractivity contribution in [1.29, 1.82) is 0 Å². The predicted octanol–water partition coefficient (Wildman–Crippen LogP) is 4.98. The number of para-hydroxylation sites is 1. The highest BCUT2D eigenvalue weighted by molar-refractivity contribution is 6.30. The molecule has 2 heterocycles. The molecular formula is C16H15ClN2O. The van der Waals surface area contributed by atoms with Crippen molar-refractivity contribution < 1.29 is 4.42 Å². The second kappa shape index (κ2) is 4.91. The Morgan fingerprint density at radius 2 is 1.90 bits per heavy atom. The molecule has 4 heteroatoms. The van der Waals surface area contributed by atoms with Gasteiger partial charge >= 0.3 is 0 Å². The molecule has 1 aromatic carbocycles. The van der Waals surface area contributed by atoms with Crippen molar-refractivity contribution >= 4 is 22.6 Å². The van der Waals surface area contributed by atoms with E-state index in [2.05, 4.69) is 23.8 Å². The Bertz CT molecular complexity index is 721. The van der Waals surface area contributed by atoms with Crippen molar-refractivity contribution in [2.24, 2.45) is 0 Å². The molecule has 0 bridgehead atoms. The summed E-state index contributed by atoms with van der Waals surface area (Å²) in [5.74, 6) is 1.48. The maximum atomic E-state index is 6.29. The first-order valence-electron chi connectivity index (χ1n) is 6.59. The number of fused-ring (bicyclic) bond motifs is 1. The Balaban J connectivity index is 2.15. The molecule has 3 nitrogen and oxygen atoms in total. The van der Waals surface area contributed by atoms with Gasteiger partial charge in [0.25, 0.3) is 0 Å². The minimum atomic E-state index is 0.298. The van der Waals surface area contributed by atoms with E-state index in [9.17, 15) is 0 Å². The van der Waals surface area contributed by atoms with Gasteiger partial charge in [0.1, 0.15) is 10.7 Å². The van der Waals surface area contributed by atoms with Crippen LogP contribution in [-0.4, -0.2) is 9.97 Å². The van der Waals surface area contributed by atoms with Gasteiger partial charge in [-0.25, -0.2) is 9.97 Å². The fourth-order valence-corrected chi connectivity index (χ4v) is 2.84. The second-order valence-electron chi connectivity index (χ2n) is 5.14. The van der Waals surface area contributed by atoms with Crippen LogP contribution in [0.1, 0.15) is 31.0 Å². The summed E-state index contributed by atoms with van der Waals surface area (Å²) >= 11 is 6.29. The number of benzene rings is 1. The molecule has 0 aliphatic rings. The van der Waals surface area contributed by atoms with Gasteiger partial charge in [-0.05, 0) is 25.0 Å². The van der Waals surface area contributed by atoms with E-state index < -0.39 is 0 Å². The van der Waals surface area contributed by atoms with E-state index in [1.807, 2.05) is 37.3 Å². The third-order valence-corrected chi connectivity index (χ3v) is 3.60. The average Bonchev–Trinajstić information content (AvgIpc) is 2.81. The number of hydrogen-bond donors (Lipinski definition) is 0. The summed E-state index contributed by atoms with van der Waals surface area (Å²) in [5, 5.41) is 1.54. The largest absolute Gasteiger partial charge is 0.453 e. The molecule has 2 aromatic heterocycles. The molecule has 0 saturated carbocycles. The molecule has 0 radical (unpaired) electrons. The van der Waals surface area contributed by atoms with Crippen molar-refractivity contribution in [3.63, 3.8) is 0 Å². The molecule has 0 saturated heterocycles. The van der Waals surface area contributed by atoms with Crippen LogP contribution in [0.25, 0.3) is 22.6 Å². The standard InChI is InChI=1S/C16H15ClN2O/c1-9(2)14-10(3)18-16(19-15(14)17)13-8-11-6-4-5-7-12(11)20-13/h4-9H,1-3H3. The molecule has 0 spiro atoms. The highest BCUT2D eigenvalue weighted by atomic mass is 35.5. The number of aryl methyl sites for hydroxylation is 1. The zero-order valence-corrected chi connectivity index (χ0v) is 12.4. The molecule has 0 aliphatic carbocycles. The highest BCUT2D eigenvalue weighted by Gasteiger charge is 2.16. The van der Waals surface area contributed by atoms with Crippen LogP contribution in [-0.2, 0) is 0 Å². The smallest absolute Gasteiger partial charge is 0.197 e. The predicted molar refractivity (Wildman–Crippen MR) is 81.1 cm³/mol. The van der Waals surface area contributed by atoms with E-state index in [0.717, 1.165) is 22.2 Å². The quantitative estimate of drug-likeness (QED) is 0.624. The first-order valence-corrected chi connectivity index (χ1v) is 6.97. The van der Waals surface area contributed by atoms with Gasteiger partial charge in [-0.3, -0.25) is 0 Å². The fourth-order valence-electron chi connectivity index (χ4n) is 2.40. The van der Waals surface area contributed by atoms with Gasteiger partial charge in [-0.1, -0.05) is 43.6 Å². The van der Waals surface area contributed by atoms with Gasteiger partial charge in [0.2, 0.25) is 0 Å². The van der Waals surface area contributed by atoms with E-state index in [1.54, 1.807) is 0 Å². The van der Waals surface area contributed by atoms with Crippen LogP contribution in [0.3, 0.4) is 0 Å². The van der Waals surface area contributed by atoms with Gasteiger partial charge in [0.05, 0.1) is 0 Å². The maximum absolute atomic E-state index is 6.29. The summed E-state index contributed by atoms with van der Waals surface area (Å²) in [6, 6.07) is 9.78. The van der Waals surface area contributed by atoms with Gasteiger partial charge < -0.3 is 4.42 Å². The average molecular weight is 287 g/mol. The number of halogens is 1. The Morgan fingerprint density at radius 3 is 2.55 bits per heavy atom. The first kappa shape index (κ1) is 13.1. The van der Waals surface area contributed by atoms with Gasteiger partial charge in [-0.2, -0.15) is 0 Å². The van der Waals surface area contributed by atoms with Gasteiger partial charge in [-0.15, -0.1) is 0 Å². The van der Waals surface area contributed by atoms with E-state index in [4.69, 9.17) is 16.0 Å². The maximum Gasteiger partial charge on any atom is 0.197 e. The minimum Gasteiger partial charge on any atom is -0.453 e. The van der Waals surface area contributed by atoms with E-state index in [0.29, 0.717) is 22.7 Å². The van der Waals surface area contributed by atoms with Crippen LogP contribution in [0.5, 0.6) is 0 Å². The molecule has 0 atom stereocenters. The molecule has 3 rings (SSSR count). The lowest BCUT2D eigenvalue weighted by molar-refractivity contribution is 0.624. The van der Waals surface area contributed by atoms with Crippen LogP contribution >= 0.6 is 11.6 Å². The Morgan fingerprint density at radius 1 is 1.15 bits per heavy atom. The van der Waals surface area contributed by atoms with Crippen molar-refractivity contribution in [3.05, 3.63) is 46.7 Å². The van der Waals surface area contributed by atoms with Crippen molar-refractivity contribution in [2.75, 3.05) is 0 Å². The second-order valence-corrected chi connectivity index (χ2v) is 5.50.